The first-order chi connectivity index (χ1) is 10.8. The fourth-order valence-electron chi connectivity index (χ4n) is 3.78. The van der Waals surface area contributed by atoms with Crippen LogP contribution in [0.1, 0.15) is 29.6 Å². The molecule has 3 fully saturated rings. The normalized spacial score (nSPS) is 27.5. The van der Waals surface area contributed by atoms with Crippen LogP contribution in [0.15, 0.2) is 36.5 Å². The van der Waals surface area contributed by atoms with Gasteiger partial charge in [-0.2, -0.15) is 0 Å². The van der Waals surface area contributed by atoms with E-state index in [4.69, 9.17) is 0 Å². The van der Waals surface area contributed by atoms with E-state index >= 15 is 0 Å². The zero-order valence-corrected chi connectivity index (χ0v) is 12.7. The Morgan fingerprint density at radius 2 is 2.09 bits per heavy atom. The van der Waals surface area contributed by atoms with Crippen molar-refractivity contribution in [3.63, 3.8) is 0 Å². The van der Waals surface area contributed by atoms with Crippen LogP contribution in [0.2, 0.25) is 0 Å². The second-order valence-electron chi connectivity index (χ2n) is 6.56. The monoisotopic (exact) mass is 295 g/mol. The number of aromatic nitrogens is 1. The molecule has 3 saturated heterocycles. The van der Waals surface area contributed by atoms with Crippen LogP contribution < -0.4 is 5.32 Å². The summed E-state index contributed by atoms with van der Waals surface area (Å²) in [5.74, 6) is 0.822. The third-order valence-electron chi connectivity index (χ3n) is 5.00. The predicted octanol–water partition coefficient (Wildman–Crippen LogP) is 2.45. The average molecular weight is 295 g/mol. The fraction of sp³-hybridized carbons (Fsp3) is 0.444. The molecule has 1 N–H and O–H groups in total. The second kappa shape index (κ2) is 5.69. The number of piperidine rings is 1. The molecule has 1 unspecified atom stereocenters. The minimum atomic E-state index is 0.0400. The predicted molar refractivity (Wildman–Crippen MR) is 86.8 cm³/mol. The molecule has 1 atom stereocenters. The molecule has 0 spiro atoms. The first-order valence-corrected chi connectivity index (χ1v) is 8.16. The van der Waals surface area contributed by atoms with Gasteiger partial charge < -0.3 is 10.2 Å². The van der Waals surface area contributed by atoms with Crippen molar-refractivity contribution in [3.8, 4) is 0 Å². The highest BCUT2D eigenvalue weighted by Gasteiger charge is 2.29. The maximum Gasteiger partial charge on any atom is 0.251 e. The number of hydrogen-bond acceptors (Lipinski definition) is 3. The molecule has 1 aromatic heterocycles. The molecule has 3 aliphatic rings. The summed E-state index contributed by atoms with van der Waals surface area (Å²) >= 11 is 0. The molecule has 1 aromatic carbocycles. The van der Waals surface area contributed by atoms with E-state index in [0.29, 0.717) is 0 Å². The van der Waals surface area contributed by atoms with Crippen molar-refractivity contribution in [3.05, 3.63) is 42.1 Å². The SMILES string of the molecule is O=C(NC1CC2CCN(CC2)C1)c1ccc2ncccc2c1. The van der Waals surface area contributed by atoms with Gasteiger partial charge in [-0.1, -0.05) is 6.07 Å². The number of hydrogen-bond donors (Lipinski definition) is 1. The summed E-state index contributed by atoms with van der Waals surface area (Å²) in [5.41, 5.74) is 1.66. The van der Waals surface area contributed by atoms with Gasteiger partial charge in [-0.25, -0.2) is 0 Å². The van der Waals surface area contributed by atoms with Gasteiger partial charge in [-0.3, -0.25) is 9.78 Å². The van der Waals surface area contributed by atoms with Crippen molar-refractivity contribution in [2.75, 3.05) is 19.6 Å². The quantitative estimate of drug-likeness (QED) is 0.925. The number of fused-ring (bicyclic) bond motifs is 5. The van der Waals surface area contributed by atoms with Crippen molar-refractivity contribution in [1.82, 2.24) is 15.2 Å². The van der Waals surface area contributed by atoms with Crippen molar-refractivity contribution in [2.45, 2.75) is 25.3 Å². The molecular weight excluding hydrogens is 274 g/mol. The summed E-state index contributed by atoms with van der Waals surface area (Å²) < 4.78 is 0. The summed E-state index contributed by atoms with van der Waals surface area (Å²) in [6.07, 6.45) is 5.47. The van der Waals surface area contributed by atoms with Gasteiger partial charge in [0.1, 0.15) is 0 Å². The number of carbonyl (C=O) groups excluding carboxylic acids is 1. The first kappa shape index (κ1) is 13.7. The van der Waals surface area contributed by atoms with Gasteiger partial charge >= 0.3 is 0 Å². The van der Waals surface area contributed by atoms with Crippen LogP contribution in [-0.2, 0) is 0 Å². The number of pyridine rings is 1. The van der Waals surface area contributed by atoms with E-state index in [1.807, 2.05) is 30.3 Å². The van der Waals surface area contributed by atoms with E-state index in [1.165, 1.54) is 25.9 Å². The smallest absolute Gasteiger partial charge is 0.251 e. The number of nitrogens with one attached hydrogen (secondary N) is 1. The standard InChI is InChI=1S/C18H21N3O/c22-18(15-3-4-17-14(11-15)2-1-7-19-17)20-16-10-13-5-8-21(12-16)9-6-13/h1-4,7,11,13,16H,5-6,8-10,12H2,(H,20,22). The average Bonchev–Trinajstić information content (AvgIpc) is 2.86. The lowest BCUT2D eigenvalue weighted by atomic mass is 9.94. The number of rotatable bonds is 2. The van der Waals surface area contributed by atoms with Crippen LogP contribution in [0.25, 0.3) is 10.9 Å². The Labute approximate surface area is 130 Å². The maximum atomic E-state index is 12.6. The van der Waals surface area contributed by atoms with Crippen LogP contribution in [0.5, 0.6) is 0 Å². The number of benzene rings is 1. The Morgan fingerprint density at radius 1 is 1.23 bits per heavy atom. The Bertz CT molecular complexity index is 678. The number of amides is 1. The highest BCUT2D eigenvalue weighted by Crippen LogP contribution is 2.26. The highest BCUT2D eigenvalue weighted by molar-refractivity contribution is 5.98. The van der Waals surface area contributed by atoms with Crippen LogP contribution in [0, 0.1) is 5.92 Å². The van der Waals surface area contributed by atoms with E-state index in [2.05, 4.69) is 15.2 Å². The molecule has 0 aliphatic carbocycles. The molecule has 0 saturated carbocycles. The molecule has 22 heavy (non-hydrogen) atoms. The van der Waals surface area contributed by atoms with Gasteiger partial charge in [0.15, 0.2) is 0 Å². The summed E-state index contributed by atoms with van der Waals surface area (Å²) in [6, 6.07) is 9.91. The van der Waals surface area contributed by atoms with E-state index in [-0.39, 0.29) is 11.9 Å². The molecule has 114 valence electrons. The van der Waals surface area contributed by atoms with Crippen molar-refractivity contribution in [2.24, 2.45) is 5.92 Å². The van der Waals surface area contributed by atoms with Crippen LogP contribution >= 0.6 is 0 Å². The van der Waals surface area contributed by atoms with Gasteiger partial charge in [0, 0.05) is 29.7 Å². The molecule has 4 nitrogen and oxygen atoms in total. The van der Waals surface area contributed by atoms with Gasteiger partial charge in [0.2, 0.25) is 0 Å². The van der Waals surface area contributed by atoms with Gasteiger partial charge in [-0.05, 0) is 62.5 Å². The molecule has 2 bridgehead atoms. The lowest BCUT2D eigenvalue weighted by Crippen LogP contribution is -2.41. The molecule has 0 radical (unpaired) electrons. The minimum Gasteiger partial charge on any atom is -0.348 e. The summed E-state index contributed by atoms with van der Waals surface area (Å²) in [4.78, 5) is 19.3. The van der Waals surface area contributed by atoms with Gasteiger partial charge in [0.05, 0.1) is 5.52 Å². The fourth-order valence-corrected chi connectivity index (χ4v) is 3.78. The van der Waals surface area contributed by atoms with E-state index < -0.39 is 0 Å². The van der Waals surface area contributed by atoms with E-state index in [0.717, 1.165) is 35.3 Å². The van der Waals surface area contributed by atoms with Crippen molar-refractivity contribution in [1.29, 1.82) is 0 Å². The second-order valence-corrected chi connectivity index (χ2v) is 6.56. The highest BCUT2D eigenvalue weighted by atomic mass is 16.1. The minimum absolute atomic E-state index is 0.0400. The van der Waals surface area contributed by atoms with Gasteiger partial charge in [-0.15, -0.1) is 0 Å². The summed E-state index contributed by atoms with van der Waals surface area (Å²) in [7, 11) is 0. The van der Waals surface area contributed by atoms with E-state index in [9.17, 15) is 4.79 Å². The summed E-state index contributed by atoms with van der Waals surface area (Å²) in [5, 5.41) is 4.25. The molecule has 4 heteroatoms. The molecule has 1 amide bonds. The lowest BCUT2D eigenvalue weighted by molar-refractivity contribution is 0.0929. The number of nitrogens with zero attached hydrogens (tertiary/aromatic N) is 2. The van der Waals surface area contributed by atoms with E-state index in [1.54, 1.807) is 6.20 Å². The number of carbonyl (C=O) groups is 1. The van der Waals surface area contributed by atoms with Gasteiger partial charge in [0.25, 0.3) is 5.91 Å². The topological polar surface area (TPSA) is 45.2 Å². The first-order valence-electron chi connectivity index (χ1n) is 8.16. The molecule has 4 heterocycles. The molecule has 3 aliphatic heterocycles. The Balaban J connectivity index is 1.51. The molecular formula is C18H21N3O. The Hall–Kier alpha value is -1.94. The van der Waals surface area contributed by atoms with Crippen LogP contribution in [0.3, 0.4) is 0 Å². The zero-order chi connectivity index (χ0) is 14.9. The Kier molecular flexibility index (Phi) is 3.54. The Morgan fingerprint density at radius 3 is 2.95 bits per heavy atom. The molecule has 5 rings (SSSR count). The maximum absolute atomic E-state index is 12.6. The molecule has 2 aromatic rings. The largest absolute Gasteiger partial charge is 0.348 e. The van der Waals surface area contributed by atoms with Crippen LogP contribution in [0.4, 0.5) is 0 Å². The van der Waals surface area contributed by atoms with Crippen molar-refractivity contribution < 1.29 is 4.79 Å². The third kappa shape index (κ3) is 2.71. The van der Waals surface area contributed by atoms with Crippen molar-refractivity contribution >= 4 is 16.8 Å². The van der Waals surface area contributed by atoms with Crippen LogP contribution in [-0.4, -0.2) is 41.5 Å². The third-order valence-corrected chi connectivity index (χ3v) is 5.00. The zero-order valence-electron chi connectivity index (χ0n) is 12.7. The summed E-state index contributed by atoms with van der Waals surface area (Å²) in [6.45, 7) is 3.38. The lowest BCUT2D eigenvalue weighted by Gasteiger charge is -2.26.